The fourth-order valence-electron chi connectivity index (χ4n) is 2.03. The van der Waals surface area contributed by atoms with Gasteiger partial charge in [-0.2, -0.15) is 0 Å². The molecule has 1 aromatic carbocycles. The van der Waals surface area contributed by atoms with Gasteiger partial charge in [0.2, 0.25) is 0 Å². The van der Waals surface area contributed by atoms with Crippen LogP contribution in [0.3, 0.4) is 0 Å². The maximum absolute atomic E-state index is 13.8. The van der Waals surface area contributed by atoms with Gasteiger partial charge in [-0.3, -0.25) is 0 Å². The second-order valence-corrected chi connectivity index (χ2v) is 4.67. The second-order valence-electron chi connectivity index (χ2n) is 4.23. The van der Waals surface area contributed by atoms with Crippen molar-refractivity contribution in [2.24, 2.45) is 5.73 Å². The predicted octanol–water partition coefficient (Wildman–Crippen LogP) is 2.85. The van der Waals surface area contributed by atoms with Crippen molar-refractivity contribution in [3.63, 3.8) is 0 Å². The number of hydrogen-bond donors (Lipinski definition) is 1. The van der Waals surface area contributed by atoms with Crippen molar-refractivity contribution >= 4 is 11.6 Å². The highest BCUT2D eigenvalue weighted by Crippen LogP contribution is 2.38. The lowest BCUT2D eigenvalue weighted by atomic mass is 9.74. The highest BCUT2D eigenvalue weighted by molar-refractivity contribution is 6.30. The van der Waals surface area contributed by atoms with Crippen molar-refractivity contribution in [1.29, 1.82) is 0 Å². The molecule has 1 aliphatic rings. The van der Waals surface area contributed by atoms with E-state index in [2.05, 4.69) is 0 Å². The minimum atomic E-state index is -1.33. The first kappa shape index (κ1) is 10.8. The molecule has 2 rings (SSSR count). The van der Waals surface area contributed by atoms with Crippen LogP contribution in [0.5, 0.6) is 0 Å². The van der Waals surface area contributed by atoms with Gasteiger partial charge in [-0.1, -0.05) is 17.7 Å². The molecule has 0 bridgehead atoms. The third-order valence-corrected chi connectivity index (χ3v) is 3.01. The molecule has 0 spiro atoms. The van der Waals surface area contributed by atoms with E-state index in [-0.39, 0.29) is 12.5 Å². The summed E-state index contributed by atoms with van der Waals surface area (Å²) < 4.78 is 27.2. The van der Waals surface area contributed by atoms with Crippen LogP contribution < -0.4 is 5.73 Å². The van der Waals surface area contributed by atoms with Gasteiger partial charge in [0.05, 0.1) is 0 Å². The molecule has 15 heavy (non-hydrogen) atoms. The van der Waals surface area contributed by atoms with E-state index in [0.29, 0.717) is 23.4 Å². The maximum Gasteiger partial charge on any atom is 0.127 e. The van der Waals surface area contributed by atoms with E-state index in [0.717, 1.165) is 0 Å². The van der Waals surface area contributed by atoms with Crippen molar-refractivity contribution in [3.05, 3.63) is 34.6 Å². The van der Waals surface area contributed by atoms with Gasteiger partial charge in [-0.15, -0.1) is 0 Å². The van der Waals surface area contributed by atoms with Crippen molar-refractivity contribution in [3.8, 4) is 0 Å². The summed E-state index contributed by atoms with van der Waals surface area (Å²) in [5.74, 6) is -0.444. The number of hydrogen-bond acceptors (Lipinski definition) is 1. The second kappa shape index (κ2) is 3.72. The third-order valence-electron chi connectivity index (χ3n) is 2.78. The Labute approximate surface area is 92.2 Å². The average molecular weight is 232 g/mol. The number of benzene rings is 1. The normalized spacial score (nSPS) is 30.0. The Morgan fingerprint density at radius 2 is 2.13 bits per heavy atom. The molecule has 1 fully saturated rings. The van der Waals surface area contributed by atoms with Gasteiger partial charge in [0.25, 0.3) is 0 Å². The van der Waals surface area contributed by atoms with Gasteiger partial charge < -0.3 is 5.73 Å². The van der Waals surface area contributed by atoms with Crippen LogP contribution in [0.4, 0.5) is 8.78 Å². The number of alkyl halides is 1. The smallest absolute Gasteiger partial charge is 0.127 e. The number of nitrogens with two attached hydrogens (primary N) is 1. The van der Waals surface area contributed by atoms with Crippen LogP contribution in [0.15, 0.2) is 18.2 Å². The monoisotopic (exact) mass is 231 g/mol. The van der Waals surface area contributed by atoms with E-state index >= 15 is 0 Å². The van der Waals surface area contributed by atoms with E-state index in [1.807, 2.05) is 0 Å². The molecule has 0 aliphatic heterocycles. The first-order valence-electron chi connectivity index (χ1n) is 4.87. The molecule has 82 valence electrons. The van der Waals surface area contributed by atoms with Gasteiger partial charge in [-0.25, -0.2) is 8.78 Å². The Morgan fingerprint density at radius 1 is 1.47 bits per heavy atom. The molecule has 2 N–H and O–H groups in total. The molecule has 0 aromatic heterocycles. The lowest BCUT2D eigenvalue weighted by molar-refractivity contribution is 0.0436. The van der Waals surface area contributed by atoms with Gasteiger partial charge in [0, 0.05) is 17.5 Å². The van der Waals surface area contributed by atoms with Gasteiger partial charge >= 0.3 is 0 Å². The summed E-state index contributed by atoms with van der Waals surface area (Å²) >= 11 is 5.61. The molecule has 1 saturated carbocycles. The molecule has 0 radical (unpaired) electrons. The van der Waals surface area contributed by atoms with Crippen LogP contribution in [0, 0.1) is 5.82 Å². The first-order valence-corrected chi connectivity index (χ1v) is 5.25. The largest absolute Gasteiger partial charge is 0.327 e. The maximum atomic E-state index is 13.8. The Balaban J connectivity index is 2.11. The molecule has 0 heterocycles. The summed E-state index contributed by atoms with van der Waals surface area (Å²) in [5.41, 5.74) is 4.56. The van der Waals surface area contributed by atoms with Crippen LogP contribution in [-0.4, -0.2) is 11.7 Å². The molecule has 1 nitrogen and oxygen atoms in total. The summed E-state index contributed by atoms with van der Waals surface area (Å²) in [6.45, 7) is 0. The molecule has 0 amide bonds. The zero-order valence-corrected chi connectivity index (χ0v) is 8.90. The van der Waals surface area contributed by atoms with Gasteiger partial charge in [0.15, 0.2) is 0 Å². The van der Waals surface area contributed by atoms with Crippen LogP contribution in [0.2, 0.25) is 5.02 Å². The van der Waals surface area contributed by atoms with Gasteiger partial charge in [-0.05, 0) is 30.5 Å². The molecular weight excluding hydrogens is 220 g/mol. The third kappa shape index (κ3) is 2.29. The minimum absolute atomic E-state index is 0.0784. The summed E-state index contributed by atoms with van der Waals surface area (Å²) in [4.78, 5) is 0. The zero-order chi connectivity index (χ0) is 11.1. The number of halogens is 3. The molecule has 0 atom stereocenters. The van der Waals surface area contributed by atoms with Crippen LogP contribution >= 0.6 is 11.6 Å². The van der Waals surface area contributed by atoms with E-state index in [4.69, 9.17) is 17.3 Å². The molecule has 1 aromatic rings. The number of rotatable bonds is 2. The standard InChI is InChI=1S/C11H12ClF2N/c12-8-2-1-7(10(13)3-8)4-11(14)5-9(15)6-11/h1-3,9H,4-6,15H2. The summed E-state index contributed by atoms with van der Waals surface area (Å²) in [5, 5.41) is 0.328. The van der Waals surface area contributed by atoms with Crippen LogP contribution in [-0.2, 0) is 6.42 Å². The summed E-state index contributed by atoms with van der Waals surface area (Å²) in [7, 11) is 0. The Kier molecular flexibility index (Phi) is 2.69. The quantitative estimate of drug-likeness (QED) is 0.832. The summed E-state index contributed by atoms with van der Waals surface area (Å²) in [6, 6.07) is 4.23. The van der Waals surface area contributed by atoms with E-state index in [9.17, 15) is 8.78 Å². The fourth-order valence-corrected chi connectivity index (χ4v) is 2.19. The van der Waals surface area contributed by atoms with Crippen molar-refractivity contribution in [2.45, 2.75) is 31.0 Å². The summed E-state index contributed by atoms with van der Waals surface area (Å²) in [6.07, 6.45) is 0.716. The zero-order valence-electron chi connectivity index (χ0n) is 8.14. The van der Waals surface area contributed by atoms with Crippen molar-refractivity contribution in [2.75, 3.05) is 0 Å². The molecule has 0 saturated heterocycles. The lowest BCUT2D eigenvalue weighted by Crippen LogP contribution is -2.49. The van der Waals surface area contributed by atoms with E-state index in [1.165, 1.54) is 12.1 Å². The minimum Gasteiger partial charge on any atom is -0.327 e. The van der Waals surface area contributed by atoms with Crippen molar-refractivity contribution in [1.82, 2.24) is 0 Å². The van der Waals surface area contributed by atoms with Crippen molar-refractivity contribution < 1.29 is 8.78 Å². The molecule has 1 aliphatic carbocycles. The van der Waals surface area contributed by atoms with Crippen LogP contribution in [0.1, 0.15) is 18.4 Å². The topological polar surface area (TPSA) is 26.0 Å². The predicted molar refractivity (Wildman–Crippen MR) is 56.2 cm³/mol. The molecule has 0 unspecified atom stereocenters. The highest BCUT2D eigenvalue weighted by Gasteiger charge is 2.43. The van der Waals surface area contributed by atoms with Gasteiger partial charge in [0.1, 0.15) is 11.5 Å². The Morgan fingerprint density at radius 3 is 2.67 bits per heavy atom. The van der Waals surface area contributed by atoms with E-state index in [1.54, 1.807) is 6.07 Å². The lowest BCUT2D eigenvalue weighted by Gasteiger charge is -2.39. The van der Waals surface area contributed by atoms with Crippen LogP contribution in [0.25, 0.3) is 0 Å². The Hall–Kier alpha value is -0.670. The van der Waals surface area contributed by atoms with E-state index < -0.39 is 11.5 Å². The average Bonchev–Trinajstić information content (AvgIpc) is 2.08. The highest BCUT2D eigenvalue weighted by atomic mass is 35.5. The SMILES string of the molecule is NC1CC(F)(Cc2ccc(Cl)cc2F)C1. The first-order chi connectivity index (χ1) is 6.98. The fraction of sp³-hybridized carbons (Fsp3) is 0.455. The molecular formula is C11H12ClF2N. The Bertz CT molecular complexity index is 375. The molecule has 4 heteroatoms.